The summed E-state index contributed by atoms with van der Waals surface area (Å²) in [6.45, 7) is 6.52. The molecule has 92 valence electrons. The van der Waals surface area contributed by atoms with Crippen molar-refractivity contribution >= 4 is 11.8 Å². The maximum absolute atomic E-state index is 11.6. The van der Waals surface area contributed by atoms with Gasteiger partial charge in [0.1, 0.15) is 0 Å². The summed E-state index contributed by atoms with van der Waals surface area (Å²) < 4.78 is 0. The molecular formula is C12H22N2O2. The van der Waals surface area contributed by atoms with E-state index in [4.69, 9.17) is 0 Å². The number of amides is 2. The smallest absolute Gasteiger partial charge is 0.229 e. The standard InChI is InChI=1S/C12H22N2O2/c1-3-5-13-6-4-7-14-11(15)8-10(2)9-12(14)16/h10,13H,3-9H2,1-2H3. The minimum absolute atomic E-state index is 0.000702. The summed E-state index contributed by atoms with van der Waals surface area (Å²) >= 11 is 0. The quantitative estimate of drug-likeness (QED) is 0.546. The normalized spacial score (nSPS) is 18.2. The molecular weight excluding hydrogens is 204 g/mol. The van der Waals surface area contributed by atoms with Gasteiger partial charge in [-0.25, -0.2) is 0 Å². The Morgan fingerprint density at radius 3 is 2.44 bits per heavy atom. The molecule has 0 radical (unpaired) electrons. The van der Waals surface area contributed by atoms with Gasteiger partial charge in [-0.15, -0.1) is 0 Å². The van der Waals surface area contributed by atoms with Crippen molar-refractivity contribution in [1.82, 2.24) is 10.2 Å². The summed E-state index contributed by atoms with van der Waals surface area (Å²) in [7, 11) is 0. The second-order valence-electron chi connectivity index (χ2n) is 4.56. The Morgan fingerprint density at radius 2 is 1.88 bits per heavy atom. The van der Waals surface area contributed by atoms with Crippen LogP contribution in [-0.4, -0.2) is 36.3 Å². The largest absolute Gasteiger partial charge is 0.317 e. The molecule has 4 heteroatoms. The van der Waals surface area contributed by atoms with Crippen LogP contribution in [0.4, 0.5) is 0 Å². The van der Waals surface area contributed by atoms with Gasteiger partial charge in [0.25, 0.3) is 0 Å². The zero-order valence-corrected chi connectivity index (χ0v) is 10.3. The minimum atomic E-state index is -0.000702. The van der Waals surface area contributed by atoms with Gasteiger partial charge in [0.05, 0.1) is 0 Å². The lowest BCUT2D eigenvalue weighted by Gasteiger charge is -2.28. The van der Waals surface area contributed by atoms with Crippen molar-refractivity contribution in [2.24, 2.45) is 5.92 Å². The summed E-state index contributed by atoms with van der Waals surface area (Å²) in [5, 5.41) is 3.26. The lowest BCUT2D eigenvalue weighted by molar-refractivity contribution is -0.149. The molecule has 1 aliphatic heterocycles. The van der Waals surface area contributed by atoms with E-state index in [-0.39, 0.29) is 17.7 Å². The van der Waals surface area contributed by atoms with Crippen LogP contribution in [0.5, 0.6) is 0 Å². The molecule has 0 saturated carbocycles. The van der Waals surface area contributed by atoms with Crippen molar-refractivity contribution in [1.29, 1.82) is 0 Å². The van der Waals surface area contributed by atoms with Gasteiger partial charge in [0.2, 0.25) is 11.8 Å². The van der Waals surface area contributed by atoms with Crippen LogP contribution in [-0.2, 0) is 9.59 Å². The molecule has 0 aromatic rings. The Kier molecular flexibility index (Phi) is 5.46. The molecule has 0 aromatic carbocycles. The molecule has 0 bridgehead atoms. The third-order valence-corrected chi connectivity index (χ3v) is 2.81. The minimum Gasteiger partial charge on any atom is -0.317 e. The van der Waals surface area contributed by atoms with E-state index >= 15 is 0 Å². The van der Waals surface area contributed by atoms with Crippen molar-refractivity contribution in [3.05, 3.63) is 0 Å². The van der Waals surface area contributed by atoms with Crippen LogP contribution >= 0.6 is 0 Å². The summed E-state index contributed by atoms with van der Waals surface area (Å²) in [6.07, 6.45) is 3.01. The van der Waals surface area contributed by atoms with Gasteiger partial charge in [-0.1, -0.05) is 13.8 Å². The lowest BCUT2D eigenvalue weighted by Crippen LogP contribution is -2.43. The number of carbonyl (C=O) groups excluding carboxylic acids is 2. The van der Waals surface area contributed by atoms with Crippen LogP contribution in [0.25, 0.3) is 0 Å². The lowest BCUT2D eigenvalue weighted by atomic mass is 9.98. The summed E-state index contributed by atoms with van der Waals surface area (Å²) in [5.41, 5.74) is 0. The fraction of sp³-hybridized carbons (Fsp3) is 0.833. The number of piperidine rings is 1. The van der Waals surface area contributed by atoms with E-state index in [0.29, 0.717) is 19.4 Å². The first-order valence-corrected chi connectivity index (χ1v) is 6.19. The predicted molar refractivity (Wildman–Crippen MR) is 62.9 cm³/mol. The monoisotopic (exact) mass is 226 g/mol. The number of carbonyl (C=O) groups is 2. The van der Waals surface area contributed by atoms with E-state index in [1.807, 2.05) is 6.92 Å². The second kappa shape index (κ2) is 6.63. The summed E-state index contributed by atoms with van der Waals surface area (Å²) in [6, 6.07) is 0. The molecule has 1 aliphatic rings. The summed E-state index contributed by atoms with van der Waals surface area (Å²) in [5.74, 6) is 0.216. The number of hydrogen-bond acceptors (Lipinski definition) is 3. The number of imide groups is 1. The number of likely N-dealkylation sites (tertiary alicyclic amines) is 1. The molecule has 0 spiro atoms. The topological polar surface area (TPSA) is 49.4 Å². The molecule has 0 unspecified atom stereocenters. The first kappa shape index (κ1) is 13.2. The first-order chi connectivity index (χ1) is 7.65. The highest BCUT2D eigenvalue weighted by Gasteiger charge is 2.29. The highest BCUT2D eigenvalue weighted by atomic mass is 16.2. The Bertz CT molecular complexity index is 235. The molecule has 0 aromatic heterocycles. The highest BCUT2D eigenvalue weighted by molar-refractivity contribution is 5.97. The molecule has 1 saturated heterocycles. The number of nitrogens with one attached hydrogen (secondary N) is 1. The van der Waals surface area contributed by atoms with E-state index in [1.54, 1.807) is 0 Å². The Morgan fingerprint density at radius 1 is 1.25 bits per heavy atom. The third kappa shape index (κ3) is 3.93. The molecule has 1 heterocycles. The van der Waals surface area contributed by atoms with Gasteiger partial charge in [0.15, 0.2) is 0 Å². The Labute approximate surface area is 97.4 Å². The fourth-order valence-electron chi connectivity index (χ4n) is 1.94. The van der Waals surface area contributed by atoms with Crippen LogP contribution in [0.3, 0.4) is 0 Å². The fourth-order valence-corrected chi connectivity index (χ4v) is 1.94. The molecule has 4 nitrogen and oxygen atoms in total. The van der Waals surface area contributed by atoms with Crippen molar-refractivity contribution in [3.8, 4) is 0 Å². The predicted octanol–water partition coefficient (Wildman–Crippen LogP) is 1.16. The van der Waals surface area contributed by atoms with Crippen LogP contribution in [0.15, 0.2) is 0 Å². The zero-order chi connectivity index (χ0) is 12.0. The van der Waals surface area contributed by atoms with Gasteiger partial charge < -0.3 is 5.32 Å². The zero-order valence-electron chi connectivity index (χ0n) is 10.3. The highest BCUT2D eigenvalue weighted by Crippen LogP contribution is 2.18. The van der Waals surface area contributed by atoms with Crippen molar-refractivity contribution in [3.63, 3.8) is 0 Å². The van der Waals surface area contributed by atoms with E-state index in [1.165, 1.54) is 4.90 Å². The Balaban J connectivity index is 2.25. The van der Waals surface area contributed by atoms with E-state index in [2.05, 4.69) is 12.2 Å². The molecule has 0 aliphatic carbocycles. The van der Waals surface area contributed by atoms with Gasteiger partial charge >= 0.3 is 0 Å². The van der Waals surface area contributed by atoms with Crippen LogP contribution in [0.1, 0.15) is 39.5 Å². The van der Waals surface area contributed by atoms with E-state index in [0.717, 1.165) is 25.9 Å². The average molecular weight is 226 g/mol. The van der Waals surface area contributed by atoms with E-state index < -0.39 is 0 Å². The van der Waals surface area contributed by atoms with Gasteiger partial charge in [-0.3, -0.25) is 14.5 Å². The van der Waals surface area contributed by atoms with Crippen molar-refractivity contribution < 1.29 is 9.59 Å². The van der Waals surface area contributed by atoms with Gasteiger partial charge in [-0.2, -0.15) is 0 Å². The molecule has 1 rings (SSSR count). The number of nitrogens with zero attached hydrogens (tertiary/aromatic N) is 1. The first-order valence-electron chi connectivity index (χ1n) is 6.19. The molecule has 2 amide bonds. The molecule has 1 fully saturated rings. The third-order valence-electron chi connectivity index (χ3n) is 2.81. The number of rotatable bonds is 6. The van der Waals surface area contributed by atoms with E-state index in [9.17, 15) is 9.59 Å². The van der Waals surface area contributed by atoms with Gasteiger partial charge in [0, 0.05) is 19.4 Å². The maximum Gasteiger partial charge on any atom is 0.229 e. The van der Waals surface area contributed by atoms with Crippen LogP contribution < -0.4 is 5.32 Å². The summed E-state index contributed by atoms with van der Waals surface area (Å²) in [4.78, 5) is 24.7. The average Bonchev–Trinajstić information content (AvgIpc) is 2.20. The molecule has 16 heavy (non-hydrogen) atoms. The van der Waals surface area contributed by atoms with Crippen LogP contribution in [0.2, 0.25) is 0 Å². The Hall–Kier alpha value is -0.900. The maximum atomic E-state index is 11.6. The number of hydrogen-bond donors (Lipinski definition) is 1. The molecule has 1 N–H and O–H groups in total. The van der Waals surface area contributed by atoms with Crippen LogP contribution in [0, 0.1) is 5.92 Å². The van der Waals surface area contributed by atoms with Gasteiger partial charge in [-0.05, 0) is 31.8 Å². The van der Waals surface area contributed by atoms with Crippen molar-refractivity contribution in [2.45, 2.75) is 39.5 Å². The molecule has 0 atom stereocenters. The second-order valence-corrected chi connectivity index (χ2v) is 4.56. The van der Waals surface area contributed by atoms with Crippen molar-refractivity contribution in [2.75, 3.05) is 19.6 Å². The SMILES string of the molecule is CCCNCCCN1C(=O)CC(C)CC1=O.